The van der Waals surface area contributed by atoms with E-state index in [0.717, 1.165) is 5.70 Å². The normalized spacial score (nSPS) is 13.8. The van der Waals surface area contributed by atoms with E-state index in [0.29, 0.717) is 29.3 Å². The molecule has 128 valence electrons. The predicted octanol–water partition coefficient (Wildman–Crippen LogP) is 1.29. The van der Waals surface area contributed by atoms with Gasteiger partial charge in [0, 0.05) is 6.08 Å². The second-order valence-corrected chi connectivity index (χ2v) is 5.30. The number of anilines is 1. The minimum absolute atomic E-state index is 0.0854. The molecule has 0 unspecified atom stereocenters. The van der Waals surface area contributed by atoms with Gasteiger partial charge in [0.1, 0.15) is 11.3 Å². The maximum atomic E-state index is 14.4. The summed E-state index contributed by atoms with van der Waals surface area (Å²) in [5.41, 5.74) is 13.5. The highest BCUT2D eigenvalue weighted by Gasteiger charge is 2.22. The predicted molar refractivity (Wildman–Crippen MR) is 86.8 cm³/mol. The lowest BCUT2D eigenvalue weighted by atomic mass is 10.3. The van der Waals surface area contributed by atoms with E-state index in [4.69, 9.17) is 10.5 Å². The first-order chi connectivity index (χ1) is 12.2. The van der Waals surface area contributed by atoms with Crippen molar-refractivity contribution >= 4 is 16.9 Å². The van der Waals surface area contributed by atoms with Crippen LogP contribution in [0.2, 0.25) is 0 Å². The van der Waals surface area contributed by atoms with E-state index in [1.165, 1.54) is 6.07 Å². The Kier molecular flexibility index (Phi) is 3.49. The summed E-state index contributed by atoms with van der Waals surface area (Å²) in [6.45, 7) is 0.291. The molecule has 0 fully saturated rings. The number of rotatable bonds is 4. The van der Waals surface area contributed by atoms with Gasteiger partial charge in [-0.25, -0.2) is 14.0 Å². The summed E-state index contributed by atoms with van der Waals surface area (Å²) in [6.07, 6.45) is 3.57. The van der Waals surface area contributed by atoms with Gasteiger partial charge in [0.25, 0.3) is 0 Å². The Morgan fingerprint density at radius 1 is 1.28 bits per heavy atom. The number of halogens is 1. The van der Waals surface area contributed by atoms with E-state index in [1.807, 2.05) is 6.08 Å². The molecular weight excluding hydrogens is 329 g/mol. The number of benzene rings is 1. The van der Waals surface area contributed by atoms with Crippen molar-refractivity contribution in [1.29, 1.82) is 0 Å². The first kappa shape index (κ1) is 15.0. The fraction of sp³-hybridized carbons (Fsp3) is 0.133. The fourth-order valence-corrected chi connectivity index (χ4v) is 2.61. The van der Waals surface area contributed by atoms with Crippen molar-refractivity contribution in [3.8, 4) is 11.5 Å². The van der Waals surface area contributed by atoms with Gasteiger partial charge in [0.05, 0.1) is 24.9 Å². The maximum absolute atomic E-state index is 14.4. The second kappa shape index (κ2) is 5.82. The molecule has 3 heterocycles. The molecule has 0 radical (unpaired) electrons. The van der Waals surface area contributed by atoms with Gasteiger partial charge in [0.15, 0.2) is 17.3 Å². The Morgan fingerprint density at radius 2 is 2.16 bits per heavy atom. The van der Waals surface area contributed by atoms with E-state index in [1.54, 1.807) is 29.9 Å². The second-order valence-electron chi connectivity index (χ2n) is 5.30. The molecule has 2 aromatic heterocycles. The molecule has 25 heavy (non-hydrogen) atoms. The number of ether oxygens (including phenoxy) is 1. The molecule has 0 atom stereocenters. The molecule has 1 aromatic carbocycles. The Morgan fingerprint density at radius 3 is 2.84 bits per heavy atom. The molecule has 1 aliphatic rings. The Hall–Kier alpha value is -3.56. The third kappa shape index (κ3) is 2.53. The summed E-state index contributed by atoms with van der Waals surface area (Å²) >= 11 is 0. The summed E-state index contributed by atoms with van der Waals surface area (Å²) in [5.74, 6) is 0.615. The van der Waals surface area contributed by atoms with Crippen molar-refractivity contribution in [3.63, 3.8) is 0 Å². The van der Waals surface area contributed by atoms with Crippen LogP contribution in [0.4, 0.5) is 10.2 Å². The molecule has 0 spiro atoms. The highest BCUT2D eigenvalue weighted by Crippen LogP contribution is 2.28. The molecule has 0 aliphatic carbocycles. The number of imidazole rings is 1. The van der Waals surface area contributed by atoms with Gasteiger partial charge in [-0.2, -0.15) is 0 Å². The van der Waals surface area contributed by atoms with Crippen LogP contribution in [0.3, 0.4) is 0 Å². The minimum atomic E-state index is -0.399. The van der Waals surface area contributed by atoms with Gasteiger partial charge >= 0.3 is 0 Å². The summed E-state index contributed by atoms with van der Waals surface area (Å²) in [6, 6.07) is 4.68. The SMILES string of the molecule is COC1=CC=C(Cn2c(-c3nonc3N)nc3cccc(F)c32)NN1. The number of hydrogen-bond acceptors (Lipinski definition) is 8. The average Bonchev–Trinajstić information content (AvgIpc) is 3.20. The van der Waals surface area contributed by atoms with Crippen LogP contribution in [-0.4, -0.2) is 27.0 Å². The van der Waals surface area contributed by atoms with E-state index in [9.17, 15) is 4.39 Å². The first-order valence-corrected chi connectivity index (χ1v) is 7.37. The molecule has 1 aliphatic heterocycles. The number of nitrogens with two attached hydrogens (primary N) is 1. The fourth-order valence-electron chi connectivity index (χ4n) is 2.61. The number of allylic oxidation sites excluding steroid dienone is 3. The number of hydrogen-bond donors (Lipinski definition) is 3. The third-order valence-electron chi connectivity index (χ3n) is 3.77. The minimum Gasteiger partial charge on any atom is -0.481 e. The van der Waals surface area contributed by atoms with Crippen LogP contribution in [0, 0.1) is 5.82 Å². The molecule has 0 bridgehead atoms. The van der Waals surface area contributed by atoms with Crippen LogP contribution in [0.5, 0.6) is 0 Å². The maximum Gasteiger partial charge on any atom is 0.205 e. The molecule has 0 saturated carbocycles. The average molecular weight is 343 g/mol. The van der Waals surface area contributed by atoms with Crippen LogP contribution < -0.4 is 16.6 Å². The summed E-state index contributed by atoms with van der Waals surface area (Å²) in [7, 11) is 1.55. The molecule has 9 nitrogen and oxygen atoms in total. The van der Waals surface area contributed by atoms with E-state index in [2.05, 4.69) is 30.8 Å². The quantitative estimate of drug-likeness (QED) is 0.649. The van der Waals surface area contributed by atoms with Gasteiger partial charge in [-0.3, -0.25) is 5.43 Å². The number of nitrogens with one attached hydrogen (secondary N) is 2. The van der Waals surface area contributed by atoms with Gasteiger partial charge in [-0.05, 0) is 28.5 Å². The highest BCUT2D eigenvalue weighted by molar-refractivity contribution is 5.82. The van der Waals surface area contributed by atoms with Crippen LogP contribution in [0.25, 0.3) is 22.6 Å². The number of methoxy groups -OCH3 is 1. The van der Waals surface area contributed by atoms with Crippen molar-refractivity contribution in [3.05, 3.63) is 47.7 Å². The van der Waals surface area contributed by atoms with Crippen LogP contribution in [-0.2, 0) is 11.3 Å². The standard InChI is InChI=1S/C15H14FN7O2/c1-24-11-6-5-8(19-20-11)7-23-13-9(16)3-2-4-10(13)18-15(23)12-14(17)22-25-21-12/h2-6,19-20H,7H2,1H3,(H2,17,22). The third-order valence-corrected chi connectivity index (χ3v) is 3.77. The zero-order valence-corrected chi connectivity index (χ0v) is 13.2. The zero-order chi connectivity index (χ0) is 17.4. The number of fused-ring (bicyclic) bond motifs is 1. The summed E-state index contributed by atoms with van der Waals surface area (Å²) in [5, 5.41) is 7.36. The van der Waals surface area contributed by atoms with Crippen molar-refractivity contribution < 1.29 is 13.8 Å². The molecule has 3 aromatic rings. The highest BCUT2D eigenvalue weighted by atomic mass is 19.1. The number of nitrogen functional groups attached to an aromatic ring is 1. The number of para-hydroxylation sites is 1. The number of hydrazine groups is 1. The molecule has 0 amide bonds. The van der Waals surface area contributed by atoms with Crippen LogP contribution >= 0.6 is 0 Å². The first-order valence-electron chi connectivity index (χ1n) is 7.37. The zero-order valence-electron chi connectivity index (χ0n) is 13.2. The molecule has 4 rings (SSSR count). The lowest BCUT2D eigenvalue weighted by Gasteiger charge is -2.19. The number of nitrogens with zero attached hydrogens (tertiary/aromatic N) is 4. The van der Waals surface area contributed by atoms with E-state index >= 15 is 0 Å². The number of aromatic nitrogens is 4. The summed E-state index contributed by atoms with van der Waals surface area (Å²) < 4.78 is 25.8. The van der Waals surface area contributed by atoms with E-state index < -0.39 is 5.82 Å². The molecule has 0 saturated heterocycles. The van der Waals surface area contributed by atoms with Crippen LogP contribution in [0.1, 0.15) is 0 Å². The van der Waals surface area contributed by atoms with Crippen LogP contribution in [0.15, 0.2) is 46.6 Å². The van der Waals surface area contributed by atoms with Gasteiger partial charge in [-0.15, -0.1) is 0 Å². The largest absolute Gasteiger partial charge is 0.481 e. The van der Waals surface area contributed by atoms with Gasteiger partial charge in [-0.1, -0.05) is 6.07 Å². The lowest BCUT2D eigenvalue weighted by molar-refractivity contribution is 0.249. The van der Waals surface area contributed by atoms with Crippen molar-refractivity contribution in [2.24, 2.45) is 0 Å². The monoisotopic (exact) mass is 343 g/mol. The van der Waals surface area contributed by atoms with Crippen molar-refractivity contribution in [2.45, 2.75) is 6.54 Å². The van der Waals surface area contributed by atoms with Crippen molar-refractivity contribution in [1.82, 2.24) is 30.7 Å². The lowest BCUT2D eigenvalue weighted by Crippen LogP contribution is -2.35. The van der Waals surface area contributed by atoms with Gasteiger partial charge < -0.3 is 20.5 Å². The topological polar surface area (TPSA) is 116 Å². The van der Waals surface area contributed by atoms with E-state index in [-0.39, 0.29) is 11.5 Å². The Balaban J connectivity index is 1.85. The molecule has 10 heteroatoms. The molecular formula is C15H14FN7O2. The van der Waals surface area contributed by atoms with Gasteiger partial charge in [0.2, 0.25) is 5.88 Å². The summed E-state index contributed by atoms with van der Waals surface area (Å²) in [4.78, 5) is 4.44. The molecule has 4 N–H and O–H groups in total. The smallest absolute Gasteiger partial charge is 0.205 e. The Bertz CT molecular complexity index is 1000. The Labute approximate surface area is 140 Å². The van der Waals surface area contributed by atoms with Crippen molar-refractivity contribution in [2.75, 3.05) is 12.8 Å².